The summed E-state index contributed by atoms with van der Waals surface area (Å²) in [5, 5.41) is 7.47. The lowest BCUT2D eigenvalue weighted by Crippen LogP contribution is -2.57. The van der Waals surface area contributed by atoms with Gasteiger partial charge < -0.3 is 15.0 Å². The van der Waals surface area contributed by atoms with Crippen LogP contribution in [0.25, 0.3) is 0 Å². The molecule has 0 spiro atoms. The molecule has 1 N–H and O–H groups in total. The summed E-state index contributed by atoms with van der Waals surface area (Å²) in [7, 11) is 0. The molecule has 94 valence electrons. The van der Waals surface area contributed by atoms with E-state index in [1.165, 1.54) is 0 Å². The van der Waals surface area contributed by atoms with E-state index in [0.717, 1.165) is 5.69 Å². The Morgan fingerprint density at radius 3 is 2.76 bits per heavy atom. The molecule has 1 aliphatic heterocycles. The molecule has 0 atom stereocenters. The van der Waals surface area contributed by atoms with Crippen molar-refractivity contribution in [1.29, 1.82) is 0 Å². The summed E-state index contributed by atoms with van der Waals surface area (Å²) >= 11 is 1.66. The fraction of sp³-hybridized carbons (Fsp3) is 0.583. The third-order valence-electron chi connectivity index (χ3n) is 2.43. The zero-order chi connectivity index (χ0) is 12.5. The van der Waals surface area contributed by atoms with Gasteiger partial charge in [-0.25, -0.2) is 4.79 Å². The standard InChI is InChI=1S/C12H18N2O2S/c1-12(2,3)16-11(15)14-6-10(7-14)13-9-4-5-17-8-9/h4-5,8,10,13H,6-7H2,1-3H3. The quantitative estimate of drug-likeness (QED) is 0.882. The molecule has 1 fully saturated rings. The molecule has 0 bridgehead atoms. The van der Waals surface area contributed by atoms with Crippen molar-refractivity contribution in [3.05, 3.63) is 16.8 Å². The molecule has 0 radical (unpaired) electrons. The van der Waals surface area contributed by atoms with Crippen molar-refractivity contribution in [3.63, 3.8) is 0 Å². The van der Waals surface area contributed by atoms with E-state index in [1.54, 1.807) is 16.2 Å². The van der Waals surface area contributed by atoms with Crippen LogP contribution < -0.4 is 5.32 Å². The van der Waals surface area contributed by atoms with Gasteiger partial charge in [0.15, 0.2) is 0 Å². The molecule has 1 aromatic rings. The minimum Gasteiger partial charge on any atom is -0.444 e. The van der Waals surface area contributed by atoms with E-state index in [4.69, 9.17) is 4.74 Å². The smallest absolute Gasteiger partial charge is 0.410 e. The fourth-order valence-corrected chi connectivity index (χ4v) is 2.22. The van der Waals surface area contributed by atoms with Crippen LogP contribution in [0.3, 0.4) is 0 Å². The zero-order valence-electron chi connectivity index (χ0n) is 10.4. The van der Waals surface area contributed by atoms with Crippen LogP contribution in [0.2, 0.25) is 0 Å². The second-order valence-electron chi connectivity index (χ2n) is 5.24. The predicted octanol–water partition coefficient (Wildman–Crippen LogP) is 2.78. The Morgan fingerprint density at radius 1 is 1.53 bits per heavy atom. The van der Waals surface area contributed by atoms with Crippen LogP contribution in [0.5, 0.6) is 0 Å². The Hall–Kier alpha value is -1.23. The number of carbonyl (C=O) groups excluding carboxylic acids is 1. The lowest BCUT2D eigenvalue weighted by Gasteiger charge is -2.40. The highest BCUT2D eigenvalue weighted by Crippen LogP contribution is 2.19. The average molecular weight is 254 g/mol. The molecule has 1 saturated heterocycles. The summed E-state index contributed by atoms with van der Waals surface area (Å²) in [6.45, 7) is 7.07. The number of ether oxygens (including phenoxy) is 1. The Balaban J connectivity index is 1.73. The summed E-state index contributed by atoms with van der Waals surface area (Å²) in [5.74, 6) is 0. The van der Waals surface area contributed by atoms with Crippen molar-refractivity contribution in [2.75, 3.05) is 18.4 Å². The molecule has 1 amide bonds. The highest BCUT2D eigenvalue weighted by molar-refractivity contribution is 7.08. The van der Waals surface area contributed by atoms with E-state index >= 15 is 0 Å². The number of amides is 1. The van der Waals surface area contributed by atoms with E-state index < -0.39 is 5.60 Å². The van der Waals surface area contributed by atoms with Crippen molar-refractivity contribution in [2.45, 2.75) is 32.4 Å². The average Bonchev–Trinajstić information content (AvgIpc) is 2.59. The van der Waals surface area contributed by atoms with Gasteiger partial charge in [-0.15, -0.1) is 0 Å². The second-order valence-corrected chi connectivity index (χ2v) is 6.02. The van der Waals surface area contributed by atoms with Crippen molar-refractivity contribution in [2.24, 2.45) is 0 Å². The Labute approximate surface area is 106 Å². The number of likely N-dealkylation sites (tertiary alicyclic amines) is 1. The number of thiophene rings is 1. The molecule has 2 heterocycles. The predicted molar refractivity (Wildman–Crippen MR) is 69.5 cm³/mol. The normalized spacial score (nSPS) is 16.5. The number of nitrogens with one attached hydrogen (secondary N) is 1. The van der Waals surface area contributed by atoms with Crippen LogP contribution in [0.15, 0.2) is 16.8 Å². The number of carbonyl (C=O) groups is 1. The Kier molecular flexibility index (Phi) is 3.28. The lowest BCUT2D eigenvalue weighted by atomic mass is 10.1. The summed E-state index contributed by atoms with van der Waals surface area (Å²) in [6.07, 6.45) is -0.221. The summed E-state index contributed by atoms with van der Waals surface area (Å²) < 4.78 is 5.29. The molecule has 0 aliphatic carbocycles. The van der Waals surface area contributed by atoms with E-state index in [2.05, 4.69) is 10.7 Å². The Bertz CT molecular complexity index is 378. The van der Waals surface area contributed by atoms with Gasteiger partial charge in [-0.1, -0.05) is 0 Å². The SMILES string of the molecule is CC(C)(C)OC(=O)N1CC(Nc2ccsc2)C1. The first kappa shape index (κ1) is 12.2. The van der Waals surface area contributed by atoms with Gasteiger partial charge in [0.2, 0.25) is 0 Å². The minimum atomic E-state index is -0.414. The molecule has 17 heavy (non-hydrogen) atoms. The Morgan fingerprint density at radius 2 is 2.24 bits per heavy atom. The van der Waals surface area contributed by atoms with Crippen molar-refractivity contribution in [1.82, 2.24) is 4.90 Å². The molecule has 0 saturated carbocycles. The maximum atomic E-state index is 11.7. The molecular weight excluding hydrogens is 236 g/mol. The number of hydrogen-bond acceptors (Lipinski definition) is 4. The lowest BCUT2D eigenvalue weighted by molar-refractivity contribution is 0.0105. The van der Waals surface area contributed by atoms with Crippen LogP contribution in [-0.2, 0) is 4.74 Å². The summed E-state index contributed by atoms with van der Waals surface area (Å²) in [4.78, 5) is 13.4. The summed E-state index contributed by atoms with van der Waals surface area (Å²) in [6, 6.07) is 2.39. The van der Waals surface area contributed by atoms with Crippen molar-refractivity contribution < 1.29 is 9.53 Å². The zero-order valence-corrected chi connectivity index (χ0v) is 11.2. The molecule has 0 unspecified atom stereocenters. The van der Waals surface area contributed by atoms with Gasteiger partial charge in [0.25, 0.3) is 0 Å². The van der Waals surface area contributed by atoms with Crippen LogP contribution in [0, 0.1) is 0 Å². The van der Waals surface area contributed by atoms with E-state index in [1.807, 2.05) is 32.2 Å². The van der Waals surface area contributed by atoms with Crippen molar-refractivity contribution in [3.8, 4) is 0 Å². The second kappa shape index (κ2) is 4.56. The topological polar surface area (TPSA) is 41.6 Å². The van der Waals surface area contributed by atoms with E-state index in [9.17, 15) is 4.79 Å². The minimum absolute atomic E-state index is 0.221. The molecule has 5 heteroatoms. The molecule has 4 nitrogen and oxygen atoms in total. The summed E-state index contributed by atoms with van der Waals surface area (Å²) in [5.41, 5.74) is 0.715. The molecule has 0 aromatic carbocycles. The van der Waals surface area contributed by atoms with Crippen LogP contribution in [0.4, 0.5) is 10.5 Å². The van der Waals surface area contributed by atoms with E-state index in [0.29, 0.717) is 19.1 Å². The number of hydrogen-bond donors (Lipinski definition) is 1. The van der Waals surface area contributed by atoms with Gasteiger partial charge in [0.1, 0.15) is 5.60 Å². The maximum absolute atomic E-state index is 11.7. The van der Waals surface area contributed by atoms with Gasteiger partial charge >= 0.3 is 6.09 Å². The third kappa shape index (κ3) is 3.36. The number of rotatable bonds is 2. The van der Waals surface area contributed by atoms with Gasteiger partial charge in [-0.3, -0.25) is 0 Å². The monoisotopic (exact) mass is 254 g/mol. The third-order valence-corrected chi connectivity index (χ3v) is 3.11. The van der Waals surface area contributed by atoms with Gasteiger partial charge in [-0.05, 0) is 32.2 Å². The maximum Gasteiger partial charge on any atom is 0.410 e. The largest absolute Gasteiger partial charge is 0.444 e. The molecule has 2 rings (SSSR count). The van der Waals surface area contributed by atoms with E-state index in [-0.39, 0.29) is 6.09 Å². The van der Waals surface area contributed by atoms with Gasteiger partial charge in [0, 0.05) is 24.2 Å². The van der Waals surface area contributed by atoms with Gasteiger partial charge in [0.05, 0.1) is 6.04 Å². The van der Waals surface area contributed by atoms with Crippen LogP contribution >= 0.6 is 11.3 Å². The highest BCUT2D eigenvalue weighted by Gasteiger charge is 2.33. The van der Waals surface area contributed by atoms with Gasteiger partial charge in [-0.2, -0.15) is 11.3 Å². The van der Waals surface area contributed by atoms with Crippen molar-refractivity contribution >= 4 is 23.1 Å². The molecular formula is C12H18N2O2S. The first-order valence-electron chi connectivity index (χ1n) is 5.71. The highest BCUT2D eigenvalue weighted by atomic mass is 32.1. The van der Waals surface area contributed by atoms with Crippen LogP contribution in [-0.4, -0.2) is 35.7 Å². The number of nitrogens with zero attached hydrogens (tertiary/aromatic N) is 1. The first-order chi connectivity index (χ1) is 7.94. The first-order valence-corrected chi connectivity index (χ1v) is 6.65. The number of anilines is 1. The molecule has 1 aliphatic rings. The van der Waals surface area contributed by atoms with Crippen LogP contribution in [0.1, 0.15) is 20.8 Å². The fourth-order valence-electron chi connectivity index (χ4n) is 1.63. The molecule has 1 aromatic heterocycles.